The lowest BCUT2D eigenvalue weighted by atomic mass is 9.98. The zero-order valence-corrected chi connectivity index (χ0v) is 14.4. The van der Waals surface area contributed by atoms with Gasteiger partial charge < -0.3 is 5.32 Å². The summed E-state index contributed by atoms with van der Waals surface area (Å²) in [6.45, 7) is 5.89. The fraction of sp³-hybridized carbons (Fsp3) is 0.278. The van der Waals surface area contributed by atoms with Gasteiger partial charge in [0, 0.05) is 11.1 Å². The minimum Gasteiger partial charge on any atom is -0.347 e. The first kappa shape index (κ1) is 16.9. The first-order chi connectivity index (χ1) is 10.3. The second-order valence-electron chi connectivity index (χ2n) is 6.29. The van der Waals surface area contributed by atoms with Crippen LogP contribution < -0.4 is 5.32 Å². The second-order valence-corrected chi connectivity index (χ2v) is 7.10. The average Bonchev–Trinajstić information content (AvgIpc) is 2.41. The van der Waals surface area contributed by atoms with Crippen LogP contribution in [0.25, 0.3) is 0 Å². The summed E-state index contributed by atoms with van der Waals surface area (Å²) >= 11 is 12.0. The lowest BCUT2D eigenvalue weighted by molar-refractivity contribution is 0.0918. The highest BCUT2D eigenvalue weighted by atomic mass is 35.5. The molecule has 0 unspecified atom stereocenters. The summed E-state index contributed by atoms with van der Waals surface area (Å²) in [5.74, 6) is -0.0665. The Kier molecular flexibility index (Phi) is 5.15. The van der Waals surface area contributed by atoms with E-state index in [1.807, 2.05) is 57.2 Å². The van der Waals surface area contributed by atoms with E-state index in [1.54, 1.807) is 6.07 Å². The summed E-state index contributed by atoms with van der Waals surface area (Å²) in [4.78, 5) is 12.4. The van der Waals surface area contributed by atoms with E-state index >= 15 is 0 Å². The molecule has 1 amide bonds. The van der Waals surface area contributed by atoms with Crippen LogP contribution in [0.4, 0.5) is 0 Å². The molecule has 0 saturated heterocycles. The Morgan fingerprint density at radius 3 is 2.36 bits per heavy atom. The number of hydrogen-bond acceptors (Lipinski definition) is 1. The van der Waals surface area contributed by atoms with Crippen LogP contribution in [-0.4, -0.2) is 11.4 Å². The van der Waals surface area contributed by atoms with E-state index in [2.05, 4.69) is 5.32 Å². The van der Waals surface area contributed by atoms with Crippen LogP contribution in [0, 0.1) is 0 Å². The molecule has 0 spiro atoms. The summed E-state index contributed by atoms with van der Waals surface area (Å²) in [6, 6.07) is 13.1. The zero-order valence-electron chi connectivity index (χ0n) is 12.9. The van der Waals surface area contributed by atoms with E-state index in [0.717, 1.165) is 11.1 Å². The van der Waals surface area contributed by atoms with Gasteiger partial charge >= 0.3 is 0 Å². The highest BCUT2D eigenvalue weighted by Crippen LogP contribution is 2.24. The van der Waals surface area contributed by atoms with Gasteiger partial charge in [-0.15, -0.1) is 0 Å². The molecule has 2 aromatic carbocycles. The Balaban J connectivity index is 2.28. The van der Waals surface area contributed by atoms with Gasteiger partial charge in [0.1, 0.15) is 0 Å². The van der Waals surface area contributed by atoms with Gasteiger partial charge in [0.2, 0.25) is 0 Å². The number of rotatable bonds is 3. The molecule has 116 valence electrons. The predicted molar refractivity (Wildman–Crippen MR) is 92.9 cm³/mol. The van der Waals surface area contributed by atoms with Crippen LogP contribution in [0.3, 0.4) is 0 Å². The van der Waals surface area contributed by atoms with Crippen molar-refractivity contribution in [2.24, 2.45) is 0 Å². The van der Waals surface area contributed by atoms with E-state index in [1.165, 1.54) is 0 Å². The number of carbonyl (C=O) groups excluding carboxylic acids is 1. The minimum absolute atomic E-state index is 0.0665. The topological polar surface area (TPSA) is 29.1 Å². The van der Waals surface area contributed by atoms with Crippen molar-refractivity contribution in [1.82, 2.24) is 5.32 Å². The van der Waals surface area contributed by atoms with Crippen LogP contribution in [0.5, 0.6) is 0 Å². The van der Waals surface area contributed by atoms with E-state index in [9.17, 15) is 4.79 Å². The Morgan fingerprint density at radius 2 is 1.73 bits per heavy atom. The lowest BCUT2D eigenvalue weighted by Gasteiger charge is -2.21. The van der Waals surface area contributed by atoms with E-state index < -0.39 is 0 Å². The van der Waals surface area contributed by atoms with Crippen molar-refractivity contribution in [2.45, 2.75) is 32.7 Å². The van der Waals surface area contributed by atoms with E-state index in [-0.39, 0.29) is 11.4 Å². The Hall–Kier alpha value is -1.51. The van der Waals surface area contributed by atoms with Gasteiger partial charge in [0.05, 0.1) is 10.0 Å². The molecule has 0 aliphatic rings. The monoisotopic (exact) mass is 335 g/mol. The highest BCUT2D eigenvalue weighted by Gasteiger charge is 2.17. The molecule has 2 nitrogen and oxygen atoms in total. The van der Waals surface area contributed by atoms with Crippen molar-refractivity contribution in [3.8, 4) is 0 Å². The lowest BCUT2D eigenvalue weighted by Crippen LogP contribution is -2.40. The van der Waals surface area contributed by atoms with Crippen LogP contribution in [-0.2, 0) is 6.42 Å². The molecule has 0 aromatic heterocycles. The van der Waals surface area contributed by atoms with Crippen LogP contribution in [0.2, 0.25) is 10.0 Å². The van der Waals surface area contributed by atoms with Gasteiger partial charge in [-0.3, -0.25) is 4.79 Å². The van der Waals surface area contributed by atoms with E-state index in [4.69, 9.17) is 23.2 Å². The quantitative estimate of drug-likeness (QED) is 0.829. The molecular formula is C18H19Cl2NO. The van der Waals surface area contributed by atoms with Crippen LogP contribution >= 0.6 is 23.2 Å². The molecule has 1 N–H and O–H groups in total. The summed E-state index contributed by atoms with van der Waals surface area (Å²) in [6.07, 6.45) is 0.630. The number of benzene rings is 2. The third-order valence-corrected chi connectivity index (χ3v) is 3.87. The maximum Gasteiger partial charge on any atom is 0.251 e. The number of carbonyl (C=O) groups is 1. The van der Waals surface area contributed by atoms with Gasteiger partial charge in [-0.2, -0.15) is 0 Å². The smallest absolute Gasteiger partial charge is 0.251 e. The number of halogens is 2. The summed E-state index contributed by atoms with van der Waals surface area (Å²) in [5.41, 5.74) is 2.39. The maximum atomic E-state index is 12.4. The van der Waals surface area contributed by atoms with Gasteiger partial charge in [0.25, 0.3) is 5.91 Å². The largest absolute Gasteiger partial charge is 0.347 e. The van der Waals surface area contributed by atoms with Crippen molar-refractivity contribution in [2.75, 3.05) is 0 Å². The summed E-state index contributed by atoms with van der Waals surface area (Å²) in [5, 5.41) is 4.05. The molecule has 0 radical (unpaired) electrons. The first-order valence-corrected chi connectivity index (χ1v) is 7.86. The van der Waals surface area contributed by atoms with Gasteiger partial charge in [-0.1, -0.05) is 47.5 Å². The zero-order chi connectivity index (χ0) is 16.3. The normalized spacial score (nSPS) is 11.3. The Morgan fingerprint density at radius 1 is 1.05 bits per heavy atom. The van der Waals surface area contributed by atoms with Crippen molar-refractivity contribution in [3.05, 3.63) is 69.2 Å². The number of hydrogen-bond donors (Lipinski definition) is 1. The number of nitrogens with one attached hydrogen (secondary N) is 1. The fourth-order valence-electron chi connectivity index (χ4n) is 2.17. The van der Waals surface area contributed by atoms with Crippen molar-refractivity contribution in [1.29, 1.82) is 0 Å². The van der Waals surface area contributed by atoms with Gasteiger partial charge in [-0.05, 0) is 56.5 Å². The molecule has 4 heteroatoms. The van der Waals surface area contributed by atoms with Crippen molar-refractivity contribution in [3.63, 3.8) is 0 Å². The molecular weight excluding hydrogens is 317 g/mol. The predicted octanol–water partition coefficient (Wildman–Crippen LogP) is 5.11. The standard InChI is InChI=1S/C18H19Cl2NO/c1-18(2,3)21-17(22)14-7-5-4-6-13(14)10-12-8-9-15(19)16(20)11-12/h4-9,11H,10H2,1-3H3,(H,21,22). The van der Waals surface area contributed by atoms with E-state index in [0.29, 0.717) is 22.0 Å². The third kappa shape index (κ3) is 4.49. The molecule has 0 bridgehead atoms. The number of amides is 1. The first-order valence-electron chi connectivity index (χ1n) is 7.10. The van der Waals surface area contributed by atoms with Crippen LogP contribution in [0.15, 0.2) is 42.5 Å². The van der Waals surface area contributed by atoms with Gasteiger partial charge in [-0.25, -0.2) is 0 Å². The molecule has 0 atom stereocenters. The molecule has 0 aliphatic carbocycles. The van der Waals surface area contributed by atoms with Crippen molar-refractivity contribution >= 4 is 29.1 Å². The third-order valence-electron chi connectivity index (χ3n) is 3.13. The molecule has 22 heavy (non-hydrogen) atoms. The minimum atomic E-state index is -0.270. The Labute approximate surface area is 141 Å². The maximum absolute atomic E-state index is 12.4. The summed E-state index contributed by atoms with van der Waals surface area (Å²) in [7, 11) is 0. The van der Waals surface area contributed by atoms with Gasteiger partial charge in [0.15, 0.2) is 0 Å². The molecule has 0 saturated carbocycles. The molecule has 2 rings (SSSR count). The van der Waals surface area contributed by atoms with Crippen LogP contribution in [0.1, 0.15) is 42.3 Å². The second kappa shape index (κ2) is 6.72. The molecule has 2 aromatic rings. The molecule has 0 aliphatic heterocycles. The average molecular weight is 336 g/mol. The summed E-state index contributed by atoms with van der Waals surface area (Å²) < 4.78 is 0. The fourth-order valence-corrected chi connectivity index (χ4v) is 2.49. The SMILES string of the molecule is CC(C)(C)NC(=O)c1ccccc1Cc1ccc(Cl)c(Cl)c1. The molecule has 0 fully saturated rings. The van der Waals surface area contributed by atoms with Crippen molar-refractivity contribution < 1.29 is 4.79 Å². The Bertz CT molecular complexity index is 690. The highest BCUT2D eigenvalue weighted by molar-refractivity contribution is 6.42. The molecule has 0 heterocycles.